The van der Waals surface area contributed by atoms with Gasteiger partial charge in [-0.15, -0.1) is 0 Å². The monoisotopic (exact) mass is 250 g/mol. The first-order chi connectivity index (χ1) is 8.61. The summed E-state index contributed by atoms with van der Waals surface area (Å²) < 4.78 is 4.58. The molecule has 1 aliphatic heterocycles. The topological polar surface area (TPSA) is 98.4 Å². The molecule has 0 bridgehead atoms. The third-order valence-electron chi connectivity index (χ3n) is 2.93. The van der Waals surface area contributed by atoms with Crippen molar-refractivity contribution in [2.75, 3.05) is 25.1 Å². The Hall–Kier alpha value is -2.18. The van der Waals surface area contributed by atoms with Crippen LogP contribution in [0.4, 0.5) is 5.82 Å². The molecule has 0 radical (unpaired) electrons. The maximum atomic E-state index is 11.3. The van der Waals surface area contributed by atoms with Crippen molar-refractivity contribution in [3.05, 3.63) is 18.1 Å². The number of primary amides is 1. The number of methoxy groups -OCH3 is 1. The summed E-state index contributed by atoms with van der Waals surface area (Å²) in [4.78, 5) is 32.4. The number of nitrogens with two attached hydrogens (primary N) is 1. The van der Waals surface area contributed by atoms with E-state index in [1.807, 2.05) is 4.90 Å². The summed E-state index contributed by atoms with van der Waals surface area (Å²) >= 11 is 0. The van der Waals surface area contributed by atoms with Crippen LogP contribution < -0.4 is 10.6 Å². The highest BCUT2D eigenvalue weighted by Gasteiger charge is 2.27. The summed E-state index contributed by atoms with van der Waals surface area (Å²) in [6.07, 6.45) is 3.59. The van der Waals surface area contributed by atoms with Gasteiger partial charge in [0.25, 0.3) is 0 Å². The van der Waals surface area contributed by atoms with Crippen molar-refractivity contribution in [3.8, 4) is 0 Å². The molecule has 1 aromatic heterocycles. The number of aromatic nitrogens is 2. The molecule has 0 spiro atoms. The molecule has 7 nitrogen and oxygen atoms in total. The molecule has 0 aliphatic carbocycles. The molecule has 7 heteroatoms. The second-order valence-corrected chi connectivity index (χ2v) is 4.09. The normalized spacial score (nSPS) is 18.7. The van der Waals surface area contributed by atoms with Crippen LogP contribution in [-0.4, -0.2) is 42.0 Å². The number of hydrogen-bond donors (Lipinski definition) is 1. The van der Waals surface area contributed by atoms with Crippen LogP contribution in [0.5, 0.6) is 0 Å². The molecular weight excluding hydrogens is 236 g/mol. The van der Waals surface area contributed by atoms with Gasteiger partial charge in [-0.2, -0.15) is 0 Å². The molecule has 1 amide bonds. The maximum Gasteiger partial charge on any atom is 0.358 e. The van der Waals surface area contributed by atoms with Crippen molar-refractivity contribution in [1.29, 1.82) is 0 Å². The van der Waals surface area contributed by atoms with Crippen molar-refractivity contribution < 1.29 is 14.3 Å². The van der Waals surface area contributed by atoms with Gasteiger partial charge >= 0.3 is 5.97 Å². The van der Waals surface area contributed by atoms with Gasteiger partial charge in [0.05, 0.1) is 25.4 Å². The molecule has 0 aromatic carbocycles. The Bertz CT molecular complexity index is 477. The number of carbonyl (C=O) groups excluding carboxylic acids is 2. The summed E-state index contributed by atoms with van der Waals surface area (Å²) in [5, 5.41) is 0. The first-order valence-corrected chi connectivity index (χ1v) is 5.56. The fourth-order valence-corrected chi connectivity index (χ4v) is 1.91. The van der Waals surface area contributed by atoms with Gasteiger partial charge in [-0.1, -0.05) is 0 Å². The number of amides is 1. The number of anilines is 1. The number of rotatable bonds is 3. The number of ether oxygens (including phenoxy) is 1. The molecule has 1 fully saturated rings. The van der Waals surface area contributed by atoms with Crippen LogP contribution in [0, 0.1) is 5.92 Å². The summed E-state index contributed by atoms with van der Waals surface area (Å²) in [6, 6.07) is 0. The lowest BCUT2D eigenvalue weighted by atomic mass is 10.1. The molecule has 18 heavy (non-hydrogen) atoms. The van der Waals surface area contributed by atoms with Gasteiger partial charge in [-0.3, -0.25) is 9.78 Å². The van der Waals surface area contributed by atoms with Gasteiger partial charge in [0.1, 0.15) is 5.82 Å². The standard InChI is InChI=1S/C11H14N4O3/c1-18-11(17)8-4-13-5-9(14-8)15-3-2-7(6-15)10(12)16/h4-5,7H,2-3,6H2,1H3,(H2,12,16). The Morgan fingerprint density at radius 2 is 2.28 bits per heavy atom. The summed E-state index contributed by atoms with van der Waals surface area (Å²) in [7, 11) is 1.29. The zero-order valence-electron chi connectivity index (χ0n) is 10.00. The first kappa shape index (κ1) is 12.3. The largest absolute Gasteiger partial charge is 0.464 e. The Morgan fingerprint density at radius 3 is 2.89 bits per heavy atom. The van der Waals surface area contributed by atoms with E-state index in [1.54, 1.807) is 6.20 Å². The fraction of sp³-hybridized carbons (Fsp3) is 0.455. The minimum atomic E-state index is -0.532. The molecule has 1 saturated heterocycles. The lowest BCUT2D eigenvalue weighted by Crippen LogP contribution is -2.28. The number of carbonyl (C=O) groups is 2. The van der Waals surface area contributed by atoms with Crippen molar-refractivity contribution in [2.45, 2.75) is 6.42 Å². The average Bonchev–Trinajstić information content (AvgIpc) is 2.88. The predicted molar refractivity (Wildman–Crippen MR) is 62.9 cm³/mol. The zero-order valence-corrected chi connectivity index (χ0v) is 10.00. The minimum absolute atomic E-state index is 0.150. The summed E-state index contributed by atoms with van der Waals surface area (Å²) in [5.74, 6) is -0.459. The fourth-order valence-electron chi connectivity index (χ4n) is 1.91. The van der Waals surface area contributed by atoms with E-state index in [-0.39, 0.29) is 17.5 Å². The predicted octanol–water partition coefficient (Wildman–Crippen LogP) is -0.425. The number of esters is 1. The van der Waals surface area contributed by atoms with E-state index in [0.717, 1.165) is 0 Å². The van der Waals surface area contributed by atoms with Crippen molar-refractivity contribution in [1.82, 2.24) is 9.97 Å². The van der Waals surface area contributed by atoms with Crippen LogP contribution in [0.15, 0.2) is 12.4 Å². The Morgan fingerprint density at radius 1 is 1.50 bits per heavy atom. The second-order valence-electron chi connectivity index (χ2n) is 4.09. The van der Waals surface area contributed by atoms with Crippen LogP contribution in [0.2, 0.25) is 0 Å². The van der Waals surface area contributed by atoms with E-state index >= 15 is 0 Å². The van der Waals surface area contributed by atoms with Gasteiger partial charge in [-0.05, 0) is 6.42 Å². The molecular formula is C11H14N4O3. The van der Waals surface area contributed by atoms with Gasteiger partial charge < -0.3 is 15.4 Å². The molecule has 2 N–H and O–H groups in total. The molecule has 2 rings (SSSR count). The van der Waals surface area contributed by atoms with Crippen LogP contribution >= 0.6 is 0 Å². The molecule has 2 heterocycles. The van der Waals surface area contributed by atoms with Crippen molar-refractivity contribution >= 4 is 17.7 Å². The lowest BCUT2D eigenvalue weighted by Gasteiger charge is -2.16. The smallest absolute Gasteiger partial charge is 0.358 e. The molecule has 96 valence electrons. The van der Waals surface area contributed by atoms with Crippen molar-refractivity contribution in [2.24, 2.45) is 11.7 Å². The van der Waals surface area contributed by atoms with E-state index in [4.69, 9.17) is 5.73 Å². The van der Waals surface area contributed by atoms with E-state index in [2.05, 4.69) is 14.7 Å². The lowest BCUT2D eigenvalue weighted by molar-refractivity contribution is -0.121. The van der Waals surface area contributed by atoms with Crippen LogP contribution in [0.1, 0.15) is 16.9 Å². The third-order valence-corrected chi connectivity index (χ3v) is 2.93. The Balaban J connectivity index is 2.15. The quantitative estimate of drug-likeness (QED) is 0.731. The Labute approximate surface area is 104 Å². The minimum Gasteiger partial charge on any atom is -0.464 e. The van der Waals surface area contributed by atoms with E-state index in [9.17, 15) is 9.59 Å². The first-order valence-electron chi connectivity index (χ1n) is 5.56. The van der Waals surface area contributed by atoms with Crippen LogP contribution in [0.25, 0.3) is 0 Å². The average molecular weight is 250 g/mol. The van der Waals surface area contributed by atoms with Gasteiger partial charge in [0.2, 0.25) is 5.91 Å². The van der Waals surface area contributed by atoms with E-state index in [0.29, 0.717) is 25.3 Å². The van der Waals surface area contributed by atoms with Crippen LogP contribution in [-0.2, 0) is 9.53 Å². The van der Waals surface area contributed by atoms with Gasteiger partial charge in [0, 0.05) is 13.1 Å². The number of hydrogen-bond acceptors (Lipinski definition) is 6. The molecule has 1 aromatic rings. The van der Waals surface area contributed by atoms with Gasteiger partial charge in [0.15, 0.2) is 5.69 Å². The van der Waals surface area contributed by atoms with Crippen LogP contribution in [0.3, 0.4) is 0 Å². The zero-order chi connectivity index (χ0) is 13.1. The van der Waals surface area contributed by atoms with Crippen molar-refractivity contribution in [3.63, 3.8) is 0 Å². The maximum absolute atomic E-state index is 11.3. The molecule has 1 aliphatic rings. The Kier molecular flexibility index (Phi) is 3.40. The molecule has 0 saturated carbocycles. The van der Waals surface area contributed by atoms with E-state index < -0.39 is 5.97 Å². The SMILES string of the molecule is COC(=O)c1cncc(N2CCC(C(N)=O)C2)n1. The molecule has 1 atom stereocenters. The third kappa shape index (κ3) is 2.39. The molecule has 1 unspecified atom stereocenters. The van der Waals surface area contributed by atoms with E-state index in [1.165, 1.54) is 13.3 Å². The number of nitrogens with zero attached hydrogens (tertiary/aromatic N) is 3. The highest BCUT2D eigenvalue weighted by molar-refractivity contribution is 5.87. The summed E-state index contributed by atoms with van der Waals surface area (Å²) in [6.45, 7) is 1.18. The highest BCUT2D eigenvalue weighted by atomic mass is 16.5. The summed E-state index contributed by atoms with van der Waals surface area (Å²) in [5.41, 5.74) is 5.41. The second kappa shape index (κ2) is 4.99. The highest BCUT2D eigenvalue weighted by Crippen LogP contribution is 2.21. The van der Waals surface area contributed by atoms with Gasteiger partial charge in [-0.25, -0.2) is 9.78 Å².